The lowest BCUT2D eigenvalue weighted by molar-refractivity contribution is 0.282. The maximum absolute atomic E-state index is 4.49. The Morgan fingerprint density at radius 2 is 1.94 bits per heavy atom. The average Bonchev–Trinajstić information content (AvgIpc) is 3.15. The van der Waals surface area contributed by atoms with E-state index in [9.17, 15) is 0 Å². The lowest BCUT2D eigenvalue weighted by Crippen LogP contribution is -2.42. The molecule has 1 rings (SSSR count). The standard InChI is InChI=1S/C13H28N4.HI/c1-4-9-15-13(14-5-2)16-10-11-17(6-3)12-7-8-12;/h12H,4-11H2,1-3H3,(H2,14,15,16);1H. The van der Waals surface area contributed by atoms with Gasteiger partial charge in [-0.25, -0.2) is 0 Å². The number of hydrogen-bond acceptors (Lipinski definition) is 2. The van der Waals surface area contributed by atoms with Gasteiger partial charge in [-0.15, -0.1) is 24.0 Å². The van der Waals surface area contributed by atoms with Crippen molar-refractivity contribution in [3.05, 3.63) is 0 Å². The summed E-state index contributed by atoms with van der Waals surface area (Å²) in [6.45, 7) is 11.6. The molecule has 1 saturated carbocycles. The third kappa shape index (κ3) is 7.41. The second-order valence-electron chi connectivity index (χ2n) is 4.55. The zero-order valence-electron chi connectivity index (χ0n) is 12.0. The summed E-state index contributed by atoms with van der Waals surface area (Å²) >= 11 is 0. The monoisotopic (exact) mass is 368 g/mol. The topological polar surface area (TPSA) is 39.7 Å². The number of hydrogen-bond donors (Lipinski definition) is 2. The maximum atomic E-state index is 4.49. The SMILES string of the molecule is CCCN=C(NCC)NCCN(CC)C1CC1.I. The van der Waals surface area contributed by atoms with Gasteiger partial charge in [0.2, 0.25) is 0 Å². The first-order valence-electron chi connectivity index (χ1n) is 7.08. The number of nitrogens with one attached hydrogen (secondary N) is 2. The first-order valence-corrected chi connectivity index (χ1v) is 7.08. The number of aliphatic imine (C=N–C) groups is 1. The summed E-state index contributed by atoms with van der Waals surface area (Å²) in [7, 11) is 0. The lowest BCUT2D eigenvalue weighted by atomic mass is 10.4. The van der Waals surface area contributed by atoms with E-state index in [0.29, 0.717) is 0 Å². The van der Waals surface area contributed by atoms with Crippen LogP contribution in [-0.2, 0) is 0 Å². The van der Waals surface area contributed by atoms with Crippen molar-refractivity contribution in [2.45, 2.75) is 46.1 Å². The fraction of sp³-hybridized carbons (Fsp3) is 0.923. The summed E-state index contributed by atoms with van der Waals surface area (Å²) in [4.78, 5) is 7.04. The second-order valence-corrected chi connectivity index (χ2v) is 4.55. The van der Waals surface area contributed by atoms with Crippen molar-refractivity contribution in [2.75, 3.05) is 32.7 Å². The average molecular weight is 368 g/mol. The van der Waals surface area contributed by atoms with Gasteiger partial charge in [-0.05, 0) is 32.7 Å². The Kier molecular flexibility index (Phi) is 10.8. The molecule has 5 heteroatoms. The molecule has 0 atom stereocenters. The highest BCUT2D eigenvalue weighted by Gasteiger charge is 2.27. The maximum Gasteiger partial charge on any atom is 0.191 e. The first-order chi connectivity index (χ1) is 8.31. The van der Waals surface area contributed by atoms with Crippen LogP contribution in [0.1, 0.15) is 40.0 Å². The van der Waals surface area contributed by atoms with Crippen molar-refractivity contribution in [1.29, 1.82) is 0 Å². The molecule has 4 nitrogen and oxygen atoms in total. The molecule has 0 bridgehead atoms. The molecule has 2 N–H and O–H groups in total. The van der Waals surface area contributed by atoms with E-state index in [0.717, 1.165) is 51.1 Å². The van der Waals surface area contributed by atoms with Crippen LogP contribution in [0.25, 0.3) is 0 Å². The molecule has 0 spiro atoms. The molecule has 108 valence electrons. The van der Waals surface area contributed by atoms with Crippen LogP contribution < -0.4 is 10.6 Å². The minimum Gasteiger partial charge on any atom is -0.357 e. The van der Waals surface area contributed by atoms with E-state index < -0.39 is 0 Å². The van der Waals surface area contributed by atoms with E-state index in [1.807, 2.05) is 0 Å². The zero-order chi connectivity index (χ0) is 12.5. The van der Waals surface area contributed by atoms with Gasteiger partial charge in [-0.2, -0.15) is 0 Å². The van der Waals surface area contributed by atoms with Crippen LogP contribution in [0.5, 0.6) is 0 Å². The number of guanidine groups is 1. The molecule has 0 radical (unpaired) electrons. The smallest absolute Gasteiger partial charge is 0.191 e. The predicted molar refractivity (Wildman–Crippen MR) is 90.0 cm³/mol. The van der Waals surface area contributed by atoms with Crippen molar-refractivity contribution < 1.29 is 0 Å². The Balaban J connectivity index is 0.00000289. The third-order valence-electron chi connectivity index (χ3n) is 3.00. The van der Waals surface area contributed by atoms with Crippen LogP contribution in [0, 0.1) is 0 Å². The van der Waals surface area contributed by atoms with Crippen LogP contribution >= 0.6 is 24.0 Å². The molecular formula is C13H29IN4. The number of halogens is 1. The molecule has 0 aliphatic heterocycles. The predicted octanol–water partition coefficient (Wildman–Crippen LogP) is 2.05. The van der Waals surface area contributed by atoms with Gasteiger partial charge in [-0.3, -0.25) is 9.89 Å². The molecule has 0 aromatic rings. The van der Waals surface area contributed by atoms with E-state index in [1.165, 1.54) is 12.8 Å². The summed E-state index contributed by atoms with van der Waals surface area (Å²) < 4.78 is 0. The Hall–Kier alpha value is -0.0400. The summed E-state index contributed by atoms with van der Waals surface area (Å²) in [6, 6.07) is 0.858. The van der Waals surface area contributed by atoms with Gasteiger partial charge in [0.15, 0.2) is 5.96 Å². The van der Waals surface area contributed by atoms with Gasteiger partial charge >= 0.3 is 0 Å². The Bertz CT molecular complexity index is 229. The molecular weight excluding hydrogens is 339 g/mol. The Labute approximate surface area is 129 Å². The fourth-order valence-corrected chi connectivity index (χ4v) is 1.92. The van der Waals surface area contributed by atoms with Gasteiger partial charge in [0.1, 0.15) is 0 Å². The molecule has 0 aromatic carbocycles. The highest BCUT2D eigenvalue weighted by Crippen LogP contribution is 2.25. The highest BCUT2D eigenvalue weighted by atomic mass is 127. The zero-order valence-corrected chi connectivity index (χ0v) is 14.4. The van der Waals surface area contributed by atoms with Crippen LogP contribution in [-0.4, -0.2) is 49.6 Å². The van der Waals surface area contributed by atoms with Crippen molar-refractivity contribution in [3.63, 3.8) is 0 Å². The number of nitrogens with zero attached hydrogens (tertiary/aromatic N) is 2. The summed E-state index contributed by atoms with van der Waals surface area (Å²) in [5.41, 5.74) is 0. The molecule has 1 aliphatic carbocycles. The molecule has 1 aliphatic rings. The minimum atomic E-state index is 0. The van der Waals surface area contributed by atoms with Gasteiger partial charge in [0, 0.05) is 32.2 Å². The van der Waals surface area contributed by atoms with E-state index >= 15 is 0 Å². The summed E-state index contributed by atoms with van der Waals surface area (Å²) in [6.07, 6.45) is 3.87. The molecule has 0 heterocycles. The van der Waals surface area contributed by atoms with Gasteiger partial charge in [-0.1, -0.05) is 13.8 Å². The summed E-state index contributed by atoms with van der Waals surface area (Å²) in [5, 5.41) is 6.67. The van der Waals surface area contributed by atoms with E-state index in [4.69, 9.17) is 0 Å². The van der Waals surface area contributed by atoms with Crippen molar-refractivity contribution in [2.24, 2.45) is 4.99 Å². The van der Waals surface area contributed by atoms with Crippen molar-refractivity contribution >= 4 is 29.9 Å². The minimum absolute atomic E-state index is 0. The van der Waals surface area contributed by atoms with Crippen molar-refractivity contribution in [1.82, 2.24) is 15.5 Å². The second kappa shape index (κ2) is 10.8. The fourth-order valence-electron chi connectivity index (χ4n) is 1.92. The van der Waals surface area contributed by atoms with Crippen LogP contribution in [0.15, 0.2) is 4.99 Å². The molecule has 1 fully saturated rings. The van der Waals surface area contributed by atoms with Gasteiger partial charge in [0.05, 0.1) is 0 Å². The molecule has 18 heavy (non-hydrogen) atoms. The molecule has 0 unspecified atom stereocenters. The number of likely N-dealkylation sites (N-methyl/N-ethyl adjacent to an activating group) is 1. The van der Waals surface area contributed by atoms with Gasteiger partial charge in [0.25, 0.3) is 0 Å². The van der Waals surface area contributed by atoms with E-state index in [1.54, 1.807) is 0 Å². The highest BCUT2D eigenvalue weighted by molar-refractivity contribution is 14.0. The Morgan fingerprint density at radius 3 is 2.44 bits per heavy atom. The number of rotatable bonds is 8. The molecule has 0 aromatic heterocycles. The Morgan fingerprint density at radius 1 is 1.22 bits per heavy atom. The van der Waals surface area contributed by atoms with Crippen LogP contribution in [0.3, 0.4) is 0 Å². The van der Waals surface area contributed by atoms with E-state index in [-0.39, 0.29) is 24.0 Å². The quantitative estimate of drug-likeness (QED) is 0.391. The van der Waals surface area contributed by atoms with Crippen molar-refractivity contribution in [3.8, 4) is 0 Å². The third-order valence-corrected chi connectivity index (χ3v) is 3.00. The normalized spacial score (nSPS) is 15.4. The van der Waals surface area contributed by atoms with Crippen LogP contribution in [0.2, 0.25) is 0 Å². The molecule has 0 saturated heterocycles. The van der Waals surface area contributed by atoms with Gasteiger partial charge < -0.3 is 10.6 Å². The largest absolute Gasteiger partial charge is 0.357 e. The van der Waals surface area contributed by atoms with E-state index in [2.05, 4.69) is 41.3 Å². The lowest BCUT2D eigenvalue weighted by Gasteiger charge is -2.20. The summed E-state index contributed by atoms with van der Waals surface area (Å²) in [5.74, 6) is 0.959. The molecule has 0 amide bonds. The van der Waals surface area contributed by atoms with Crippen LogP contribution in [0.4, 0.5) is 0 Å². The first kappa shape index (κ1) is 18.0.